The molecular weight excluding hydrogens is 274 g/mol. The Labute approximate surface area is 113 Å². The molecule has 2 heterocycles. The van der Waals surface area contributed by atoms with Crippen LogP contribution in [0, 0.1) is 5.41 Å². The quantitative estimate of drug-likeness (QED) is 0.836. The van der Waals surface area contributed by atoms with Crippen LogP contribution in [0.4, 0.5) is 0 Å². The summed E-state index contributed by atoms with van der Waals surface area (Å²) in [7, 11) is -1.88. The second kappa shape index (κ2) is 4.51. The Hall–Kier alpha value is -0.590. The molecule has 1 aromatic rings. The van der Waals surface area contributed by atoms with Crippen LogP contribution in [-0.4, -0.2) is 35.4 Å². The first-order valence-electron chi connectivity index (χ1n) is 5.91. The van der Waals surface area contributed by atoms with Gasteiger partial charge in [0.2, 0.25) is 5.03 Å². The van der Waals surface area contributed by atoms with Gasteiger partial charge in [0.25, 0.3) is 10.0 Å². The molecule has 18 heavy (non-hydrogen) atoms. The highest BCUT2D eigenvalue weighted by atomic mass is 35.5. The third-order valence-electron chi connectivity index (χ3n) is 3.49. The van der Waals surface area contributed by atoms with Crippen molar-refractivity contribution in [3.05, 3.63) is 11.5 Å². The number of sulfonamides is 1. The lowest BCUT2D eigenvalue weighted by molar-refractivity contribution is 0.195. The van der Waals surface area contributed by atoms with Crippen LogP contribution in [0.15, 0.2) is 11.4 Å². The van der Waals surface area contributed by atoms with Gasteiger partial charge in [0.1, 0.15) is 5.15 Å². The van der Waals surface area contributed by atoms with Crippen LogP contribution in [0.1, 0.15) is 26.7 Å². The molecule has 0 N–H and O–H groups in total. The Morgan fingerprint density at radius 3 is 2.33 bits per heavy atom. The monoisotopic (exact) mass is 291 g/mol. The summed E-state index contributed by atoms with van der Waals surface area (Å²) < 4.78 is 27.8. The number of hydrogen-bond donors (Lipinski definition) is 0. The fourth-order valence-corrected chi connectivity index (χ4v) is 3.85. The van der Waals surface area contributed by atoms with Gasteiger partial charge in [-0.25, -0.2) is 13.4 Å². The molecule has 0 atom stereocenters. The minimum Gasteiger partial charge on any atom is -0.324 e. The standard InChI is InChI=1S/C11H18ClN3O2S/c1-11(2)4-6-15(7-5-11)18(16,17)10-9(12)14(3)8-13-10/h8H,4-7H2,1-3H3. The fourth-order valence-electron chi connectivity index (χ4n) is 2.02. The molecule has 7 heteroatoms. The average molecular weight is 292 g/mol. The molecule has 1 fully saturated rings. The van der Waals surface area contributed by atoms with Crippen molar-refractivity contribution in [3.63, 3.8) is 0 Å². The predicted molar refractivity (Wildman–Crippen MR) is 70.0 cm³/mol. The number of rotatable bonds is 2. The van der Waals surface area contributed by atoms with Crippen molar-refractivity contribution in [1.82, 2.24) is 13.9 Å². The molecule has 102 valence electrons. The fraction of sp³-hybridized carbons (Fsp3) is 0.727. The minimum absolute atomic E-state index is 0.0358. The van der Waals surface area contributed by atoms with Crippen LogP contribution in [0.3, 0.4) is 0 Å². The van der Waals surface area contributed by atoms with E-state index >= 15 is 0 Å². The van der Waals surface area contributed by atoms with Crippen molar-refractivity contribution in [2.24, 2.45) is 12.5 Å². The van der Waals surface area contributed by atoms with Crippen molar-refractivity contribution < 1.29 is 8.42 Å². The van der Waals surface area contributed by atoms with Crippen molar-refractivity contribution >= 4 is 21.6 Å². The maximum atomic E-state index is 12.4. The summed E-state index contributed by atoms with van der Waals surface area (Å²) in [6, 6.07) is 0. The van der Waals surface area contributed by atoms with Gasteiger partial charge >= 0.3 is 0 Å². The van der Waals surface area contributed by atoms with E-state index in [2.05, 4.69) is 18.8 Å². The zero-order valence-corrected chi connectivity index (χ0v) is 12.4. The van der Waals surface area contributed by atoms with Gasteiger partial charge in [-0.3, -0.25) is 0 Å². The molecule has 2 rings (SSSR count). The van der Waals surface area contributed by atoms with E-state index in [-0.39, 0.29) is 15.6 Å². The molecule has 1 saturated heterocycles. The summed E-state index contributed by atoms with van der Waals surface area (Å²) in [6.45, 7) is 5.37. The summed E-state index contributed by atoms with van der Waals surface area (Å²) in [5.41, 5.74) is 0.208. The number of nitrogens with zero attached hydrogens (tertiary/aromatic N) is 3. The summed E-state index contributed by atoms with van der Waals surface area (Å²) in [5, 5.41) is 0.131. The van der Waals surface area contributed by atoms with E-state index in [0.717, 1.165) is 12.8 Å². The molecule has 0 spiro atoms. The molecule has 0 saturated carbocycles. The highest BCUT2D eigenvalue weighted by Crippen LogP contribution is 2.33. The van der Waals surface area contributed by atoms with Gasteiger partial charge in [-0.2, -0.15) is 4.31 Å². The van der Waals surface area contributed by atoms with Crippen LogP contribution < -0.4 is 0 Å². The van der Waals surface area contributed by atoms with Crippen LogP contribution in [0.25, 0.3) is 0 Å². The summed E-state index contributed by atoms with van der Waals surface area (Å²) in [4.78, 5) is 3.90. The third kappa shape index (κ3) is 2.41. The summed E-state index contributed by atoms with van der Waals surface area (Å²) >= 11 is 5.96. The first-order valence-corrected chi connectivity index (χ1v) is 7.73. The van der Waals surface area contributed by atoms with Crippen molar-refractivity contribution in [1.29, 1.82) is 0 Å². The van der Waals surface area contributed by atoms with E-state index in [1.54, 1.807) is 7.05 Å². The maximum absolute atomic E-state index is 12.4. The number of hydrogen-bond acceptors (Lipinski definition) is 3. The first-order chi connectivity index (χ1) is 8.24. The Bertz CT molecular complexity index is 541. The van der Waals surface area contributed by atoms with E-state index in [1.807, 2.05) is 0 Å². The van der Waals surface area contributed by atoms with E-state index in [0.29, 0.717) is 13.1 Å². The van der Waals surface area contributed by atoms with Gasteiger partial charge in [-0.15, -0.1) is 0 Å². The molecule has 5 nitrogen and oxygen atoms in total. The average Bonchev–Trinajstić information content (AvgIpc) is 2.59. The molecular formula is C11H18ClN3O2S. The van der Waals surface area contributed by atoms with E-state index in [9.17, 15) is 8.42 Å². The van der Waals surface area contributed by atoms with Crippen molar-refractivity contribution in [2.75, 3.05) is 13.1 Å². The van der Waals surface area contributed by atoms with Gasteiger partial charge in [0.15, 0.2) is 0 Å². The van der Waals surface area contributed by atoms with Gasteiger partial charge in [-0.1, -0.05) is 25.4 Å². The zero-order chi connectivity index (χ0) is 13.6. The first kappa shape index (κ1) is 13.8. The second-order valence-electron chi connectivity index (χ2n) is 5.52. The summed E-state index contributed by atoms with van der Waals surface area (Å²) in [6.07, 6.45) is 3.14. The maximum Gasteiger partial charge on any atom is 0.263 e. The molecule has 1 aliphatic heterocycles. The molecule has 1 aliphatic rings. The number of aryl methyl sites for hydroxylation is 1. The topological polar surface area (TPSA) is 55.2 Å². The Kier molecular flexibility index (Phi) is 3.46. The number of piperidine rings is 1. The van der Waals surface area contributed by atoms with Crippen molar-refractivity contribution in [2.45, 2.75) is 31.7 Å². The smallest absolute Gasteiger partial charge is 0.263 e. The Morgan fingerprint density at radius 1 is 1.33 bits per heavy atom. The van der Waals surface area contributed by atoms with E-state index in [4.69, 9.17) is 11.6 Å². The molecule has 0 radical (unpaired) electrons. The zero-order valence-electron chi connectivity index (χ0n) is 10.9. The van der Waals surface area contributed by atoms with E-state index in [1.165, 1.54) is 15.2 Å². The largest absolute Gasteiger partial charge is 0.324 e. The molecule has 1 aromatic heterocycles. The lowest BCUT2D eigenvalue weighted by Crippen LogP contribution is -2.41. The highest BCUT2D eigenvalue weighted by Gasteiger charge is 2.35. The molecule has 0 amide bonds. The van der Waals surface area contributed by atoms with Gasteiger partial charge in [-0.05, 0) is 18.3 Å². The van der Waals surface area contributed by atoms with Crippen LogP contribution in [0.5, 0.6) is 0 Å². The lowest BCUT2D eigenvalue weighted by Gasteiger charge is -2.35. The van der Waals surface area contributed by atoms with Crippen LogP contribution in [-0.2, 0) is 17.1 Å². The molecule has 0 unspecified atom stereocenters. The normalized spacial score (nSPS) is 21.1. The van der Waals surface area contributed by atoms with Gasteiger partial charge in [0.05, 0.1) is 6.33 Å². The minimum atomic E-state index is -3.55. The number of halogens is 1. The molecule has 0 bridgehead atoms. The van der Waals surface area contributed by atoms with Crippen LogP contribution in [0.2, 0.25) is 5.15 Å². The number of imidazole rings is 1. The SMILES string of the molecule is Cn1cnc(S(=O)(=O)N2CCC(C)(C)CC2)c1Cl. The van der Waals surface area contributed by atoms with Gasteiger partial charge in [0, 0.05) is 20.1 Å². The molecule has 0 aliphatic carbocycles. The predicted octanol–water partition coefficient (Wildman–Crippen LogP) is 1.88. The number of aromatic nitrogens is 2. The van der Waals surface area contributed by atoms with Gasteiger partial charge < -0.3 is 4.57 Å². The lowest BCUT2D eigenvalue weighted by atomic mass is 9.83. The summed E-state index contributed by atoms with van der Waals surface area (Å²) in [5.74, 6) is 0. The Morgan fingerprint density at radius 2 is 1.89 bits per heavy atom. The second-order valence-corrected chi connectivity index (χ2v) is 7.73. The highest BCUT2D eigenvalue weighted by molar-refractivity contribution is 7.89. The van der Waals surface area contributed by atoms with E-state index < -0.39 is 10.0 Å². The third-order valence-corrected chi connectivity index (χ3v) is 5.88. The van der Waals surface area contributed by atoms with Crippen LogP contribution >= 0.6 is 11.6 Å². The molecule has 0 aromatic carbocycles. The Balaban J connectivity index is 2.26. The van der Waals surface area contributed by atoms with Crippen molar-refractivity contribution in [3.8, 4) is 0 Å².